The van der Waals surface area contributed by atoms with Gasteiger partial charge in [0.15, 0.2) is 0 Å². The topological polar surface area (TPSA) is 42.4 Å². The van der Waals surface area contributed by atoms with Crippen molar-refractivity contribution in [2.75, 3.05) is 6.61 Å². The average molecular weight is 331 g/mol. The van der Waals surface area contributed by atoms with Gasteiger partial charge in [-0.05, 0) is 38.3 Å². The van der Waals surface area contributed by atoms with Crippen LogP contribution in [0.1, 0.15) is 45.4 Å². The van der Waals surface area contributed by atoms with Gasteiger partial charge in [0.1, 0.15) is 11.9 Å². The summed E-state index contributed by atoms with van der Waals surface area (Å²) >= 11 is 0. The molecule has 1 aromatic carbocycles. The van der Waals surface area contributed by atoms with Crippen LogP contribution in [0.3, 0.4) is 0 Å². The van der Waals surface area contributed by atoms with Crippen molar-refractivity contribution < 1.29 is 14.2 Å². The fourth-order valence-electron chi connectivity index (χ4n) is 2.49. The molecular formula is C20H26FNO2. The number of hydrogen-bond acceptors (Lipinski definition) is 3. The number of aliphatic hydroxyl groups is 1. The van der Waals surface area contributed by atoms with Crippen LogP contribution in [-0.2, 0) is 0 Å². The Morgan fingerprint density at radius 1 is 1.12 bits per heavy atom. The van der Waals surface area contributed by atoms with Crippen LogP contribution in [0.5, 0.6) is 5.88 Å². The van der Waals surface area contributed by atoms with Crippen molar-refractivity contribution >= 4 is 10.9 Å². The predicted molar refractivity (Wildman–Crippen MR) is 95.8 cm³/mol. The predicted octanol–water partition coefficient (Wildman–Crippen LogP) is 5.19. The third kappa shape index (κ3) is 6.28. The van der Waals surface area contributed by atoms with Crippen LogP contribution in [0.25, 0.3) is 10.9 Å². The molecule has 0 radical (unpaired) electrons. The summed E-state index contributed by atoms with van der Waals surface area (Å²) in [7, 11) is 0. The van der Waals surface area contributed by atoms with Gasteiger partial charge < -0.3 is 9.84 Å². The Labute approximate surface area is 143 Å². The Balaban J connectivity index is 1.55. The SMILES string of the molecule is CC(O)C(F)=CCCCCCCCOc1ccc2ccccc2n1. The molecule has 0 saturated carbocycles. The number of benzene rings is 1. The van der Waals surface area contributed by atoms with Crippen molar-refractivity contribution in [3.63, 3.8) is 0 Å². The normalized spacial score (nSPS) is 13.2. The molecule has 0 fully saturated rings. The summed E-state index contributed by atoms with van der Waals surface area (Å²) in [4.78, 5) is 4.48. The maximum atomic E-state index is 13.0. The lowest BCUT2D eigenvalue weighted by molar-refractivity contribution is 0.201. The molecule has 0 aliphatic heterocycles. The zero-order valence-electron chi connectivity index (χ0n) is 14.2. The van der Waals surface area contributed by atoms with Crippen LogP contribution in [0.2, 0.25) is 0 Å². The lowest BCUT2D eigenvalue weighted by atomic mass is 10.1. The van der Waals surface area contributed by atoms with E-state index in [1.165, 1.54) is 13.0 Å². The zero-order valence-corrected chi connectivity index (χ0v) is 14.2. The molecule has 0 saturated heterocycles. The molecule has 1 heterocycles. The standard InChI is InChI=1S/C20H26FNO2/c1-16(23)18(21)11-6-4-2-3-5-9-15-24-20-14-13-17-10-7-8-12-19(17)22-20/h7-8,10-14,16,23H,2-6,9,15H2,1H3. The van der Waals surface area contributed by atoms with Crippen LogP contribution in [0.15, 0.2) is 48.3 Å². The van der Waals surface area contributed by atoms with Crippen LogP contribution < -0.4 is 4.74 Å². The Kier molecular flexibility index (Phi) is 7.69. The van der Waals surface area contributed by atoms with Gasteiger partial charge in [0, 0.05) is 11.5 Å². The number of ether oxygens (including phenoxy) is 1. The molecule has 2 aromatic rings. The molecule has 1 atom stereocenters. The minimum absolute atomic E-state index is 0.425. The van der Waals surface area contributed by atoms with Crippen molar-refractivity contribution in [3.8, 4) is 5.88 Å². The van der Waals surface area contributed by atoms with E-state index in [0.717, 1.165) is 43.0 Å². The molecule has 1 unspecified atom stereocenters. The zero-order chi connectivity index (χ0) is 17.2. The Morgan fingerprint density at radius 3 is 2.71 bits per heavy atom. The third-order valence-electron chi connectivity index (χ3n) is 3.91. The molecule has 0 bridgehead atoms. The number of fused-ring (bicyclic) bond motifs is 1. The van der Waals surface area contributed by atoms with Crippen molar-refractivity contribution in [2.24, 2.45) is 0 Å². The second-order valence-corrected chi connectivity index (χ2v) is 6.01. The van der Waals surface area contributed by atoms with Gasteiger partial charge in [0.2, 0.25) is 5.88 Å². The number of hydrogen-bond donors (Lipinski definition) is 1. The molecule has 1 N–H and O–H groups in total. The van der Waals surface area contributed by atoms with E-state index in [1.54, 1.807) is 0 Å². The monoisotopic (exact) mass is 331 g/mol. The lowest BCUT2D eigenvalue weighted by Gasteiger charge is -2.06. The highest BCUT2D eigenvalue weighted by Gasteiger charge is 2.01. The summed E-state index contributed by atoms with van der Waals surface area (Å²) in [6.07, 6.45) is 6.41. The Bertz CT molecular complexity index is 655. The van der Waals surface area contributed by atoms with Crippen molar-refractivity contribution in [3.05, 3.63) is 48.3 Å². The number of aliphatic hydroxyl groups excluding tert-OH is 1. The maximum Gasteiger partial charge on any atom is 0.213 e. The summed E-state index contributed by atoms with van der Waals surface area (Å²) < 4.78 is 18.8. The number of nitrogens with zero attached hydrogens (tertiary/aromatic N) is 1. The number of allylic oxidation sites excluding steroid dienone is 1. The summed E-state index contributed by atoms with van der Waals surface area (Å²) in [6, 6.07) is 11.9. The van der Waals surface area contributed by atoms with Crippen molar-refractivity contribution in [1.29, 1.82) is 0 Å². The second-order valence-electron chi connectivity index (χ2n) is 6.01. The molecule has 0 spiro atoms. The van der Waals surface area contributed by atoms with Gasteiger partial charge in [-0.2, -0.15) is 0 Å². The van der Waals surface area contributed by atoms with Crippen LogP contribution in [-0.4, -0.2) is 22.8 Å². The highest BCUT2D eigenvalue weighted by molar-refractivity contribution is 5.78. The quantitative estimate of drug-likeness (QED) is 0.609. The lowest BCUT2D eigenvalue weighted by Crippen LogP contribution is -1.99. The van der Waals surface area contributed by atoms with Gasteiger partial charge in [-0.15, -0.1) is 0 Å². The van der Waals surface area contributed by atoms with E-state index in [0.29, 0.717) is 18.9 Å². The second kappa shape index (κ2) is 10.0. The van der Waals surface area contributed by atoms with E-state index in [2.05, 4.69) is 4.98 Å². The molecule has 3 nitrogen and oxygen atoms in total. The number of rotatable bonds is 10. The average Bonchev–Trinajstić information content (AvgIpc) is 2.59. The first kappa shape index (κ1) is 18.4. The minimum Gasteiger partial charge on any atom is -0.478 e. The summed E-state index contributed by atoms with van der Waals surface area (Å²) in [6.45, 7) is 2.11. The summed E-state index contributed by atoms with van der Waals surface area (Å²) in [5, 5.41) is 10.1. The number of para-hydroxylation sites is 1. The smallest absolute Gasteiger partial charge is 0.213 e. The molecular weight excluding hydrogens is 305 g/mol. The van der Waals surface area contributed by atoms with Gasteiger partial charge in [0.25, 0.3) is 0 Å². The third-order valence-corrected chi connectivity index (χ3v) is 3.91. The summed E-state index contributed by atoms with van der Waals surface area (Å²) in [5.41, 5.74) is 0.951. The Hall–Kier alpha value is -1.94. The van der Waals surface area contributed by atoms with Crippen LogP contribution in [0.4, 0.5) is 4.39 Å². The number of pyridine rings is 1. The molecule has 130 valence electrons. The molecule has 0 aliphatic carbocycles. The number of unbranched alkanes of at least 4 members (excludes halogenated alkanes) is 5. The largest absolute Gasteiger partial charge is 0.478 e. The molecule has 2 rings (SSSR count). The first-order chi connectivity index (χ1) is 11.7. The van der Waals surface area contributed by atoms with Crippen molar-refractivity contribution in [2.45, 2.75) is 51.6 Å². The van der Waals surface area contributed by atoms with E-state index >= 15 is 0 Å². The van der Waals surface area contributed by atoms with Gasteiger partial charge in [-0.1, -0.05) is 43.5 Å². The Morgan fingerprint density at radius 2 is 1.88 bits per heavy atom. The van der Waals surface area contributed by atoms with E-state index in [9.17, 15) is 4.39 Å². The molecule has 0 aliphatic rings. The van der Waals surface area contributed by atoms with Gasteiger partial charge in [0.05, 0.1) is 12.1 Å². The fourth-order valence-corrected chi connectivity index (χ4v) is 2.49. The minimum atomic E-state index is -0.981. The van der Waals surface area contributed by atoms with Gasteiger partial charge >= 0.3 is 0 Å². The first-order valence-electron chi connectivity index (χ1n) is 8.69. The summed E-state index contributed by atoms with van der Waals surface area (Å²) in [5.74, 6) is 0.249. The number of halogens is 1. The van der Waals surface area contributed by atoms with Crippen LogP contribution in [0, 0.1) is 0 Å². The van der Waals surface area contributed by atoms with Gasteiger partial charge in [-0.3, -0.25) is 0 Å². The molecule has 4 heteroatoms. The highest BCUT2D eigenvalue weighted by atomic mass is 19.1. The maximum absolute atomic E-state index is 13.0. The molecule has 24 heavy (non-hydrogen) atoms. The van der Waals surface area contributed by atoms with Crippen molar-refractivity contribution in [1.82, 2.24) is 4.98 Å². The van der Waals surface area contributed by atoms with Gasteiger partial charge in [-0.25, -0.2) is 9.37 Å². The van der Waals surface area contributed by atoms with E-state index in [1.807, 2.05) is 36.4 Å². The molecule has 0 amide bonds. The number of aromatic nitrogens is 1. The van der Waals surface area contributed by atoms with E-state index in [-0.39, 0.29) is 0 Å². The van der Waals surface area contributed by atoms with E-state index < -0.39 is 11.9 Å². The first-order valence-corrected chi connectivity index (χ1v) is 8.69. The highest BCUT2D eigenvalue weighted by Crippen LogP contribution is 2.16. The fraction of sp³-hybridized carbons (Fsp3) is 0.450. The van der Waals surface area contributed by atoms with Crippen LogP contribution >= 0.6 is 0 Å². The van der Waals surface area contributed by atoms with E-state index in [4.69, 9.17) is 9.84 Å². The molecule has 1 aromatic heterocycles.